The third-order valence-corrected chi connectivity index (χ3v) is 3.55. The van der Waals surface area contributed by atoms with Crippen molar-refractivity contribution in [3.8, 4) is 11.5 Å². The second-order valence-electron chi connectivity index (χ2n) is 5.55. The first-order valence-corrected chi connectivity index (χ1v) is 8.05. The molecule has 0 fully saturated rings. The molecule has 23 heavy (non-hydrogen) atoms. The molecule has 0 atom stereocenters. The molecule has 0 radical (unpaired) electrons. The van der Waals surface area contributed by atoms with Gasteiger partial charge in [-0.15, -0.1) is 0 Å². The van der Waals surface area contributed by atoms with Gasteiger partial charge in [0.15, 0.2) is 11.5 Å². The maximum atomic E-state index is 11.8. The van der Waals surface area contributed by atoms with Crippen LogP contribution in [-0.4, -0.2) is 31.6 Å². The van der Waals surface area contributed by atoms with Crippen molar-refractivity contribution < 1.29 is 19.1 Å². The van der Waals surface area contributed by atoms with Crippen molar-refractivity contribution in [2.24, 2.45) is 0 Å². The van der Waals surface area contributed by atoms with Gasteiger partial charge in [0.25, 0.3) is 0 Å². The molecular weight excluding hydrogens is 296 g/mol. The normalized spacial score (nSPS) is 12.6. The Balaban J connectivity index is 1.62. The molecule has 0 spiro atoms. The first kappa shape index (κ1) is 17.1. The maximum absolute atomic E-state index is 11.8. The summed E-state index contributed by atoms with van der Waals surface area (Å²) in [4.78, 5) is 22.5. The zero-order valence-corrected chi connectivity index (χ0v) is 13.5. The van der Waals surface area contributed by atoms with E-state index < -0.39 is 0 Å². The number of unbranched alkanes of at least 4 members (excludes halogenated alkanes) is 2. The van der Waals surface area contributed by atoms with Crippen LogP contribution in [0.25, 0.3) is 0 Å². The Labute approximate surface area is 136 Å². The highest BCUT2D eigenvalue weighted by molar-refractivity contribution is 5.75. The lowest BCUT2D eigenvalue weighted by Gasteiger charge is -2.19. The minimum Gasteiger partial charge on any atom is -0.486 e. The van der Waals surface area contributed by atoms with Crippen molar-refractivity contribution >= 4 is 11.8 Å². The Hall–Kier alpha value is -2.24. The van der Waals surface area contributed by atoms with Gasteiger partial charge in [0, 0.05) is 26.4 Å². The van der Waals surface area contributed by atoms with Crippen LogP contribution in [0.1, 0.15) is 38.2 Å². The first-order chi connectivity index (χ1) is 11.1. The molecule has 0 saturated carbocycles. The SMILES string of the molecule is CC(=O)NCCCCCC(=O)NCc1ccc2c(c1)OCCO2. The summed E-state index contributed by atoms with van der Waals surface area (Å²) in [7, 11) is 0. The van der Waals surface area contributed by atoms with E-state index in [1.54, 1.807) is 0 Å². The number of ether oxygens (including phenoxy) is 2. The fourth-order valence-corrected chi connectivity index (χ4v) is 2.34. The minimum atomic E-state index is -0.0119. The molecule has 6 nitrogen and oxygen atoms in total. The molecule has 0 aromatic heterocycles. The van der Waals surface area contributed by atoms with Crippen molar-refractivity contribution in [2.75, 3.05) is 19.8 Å². The second-order valence-corrected chi connectivity index (χ2v) is 5.55. The number of fused-ring (bicyclic) bond motifs is 1. The van der Waals surface area contributed by atoms with Crippen LogP contribution in [0.15, 0.2) is 18.2 Å². The number of rotatable bonds is 8. The number of hydrogen-bond acceptors (Lipinski definition) is 4. The average Bonchev–Trinajstić information content (AvgIpc) is 2.55. The number of carbonyl (C=O) groups is 2. The predicted octanol–water partition coefficient (Wildman–Crippen LogP) is 1.77. The van der Waals surface area contributed by atoms with Gasteiger partial charge in [0.05, 0.1) is 0 Å². The van der Waals surface area contributed by atoms with Crippen LogP contribution in [-0.2, 0) is 16.1 Å². The van der Waals surface area contributed by atoms with Gasteiger partial charge in [-0.2, -0.15) is 0 Å². The van der Waals surface area contributed by atoms with Crippen LogP contribution in [0.4, 0.5) is 0 Å². The van der Waals surface area contributed by atoms with Crippen LogP contribution in [0.3, 0.4) is 0 Å². The van der Waals surface area contributed by atoms with Gasteiger partial charge in [-0.25, -0.2) is 0 Å². The quantitative estimate of drug-likeness (QED) is 0.716. The van der Waals surface area contributed by atoms with Crippen molar-refractivity contribution in [3.05, 3.63) is 23.8 Å². The Kier molecular flexibility index (Phi) is 6.72. The predicted molar refractivity (Wildman–Crippen MR) is 86.4 cm³/mol. The number of amides is 2. The molecule has 0 aliphatic carbocycles. The van der Waals surface area contributed by atoms with E-state index in [1.165, 1.54) is 6.92 Å². The fraction of sp³-hybridized carbons (Fsp3) is 0.529. The van der Waals surface area contributed by atoms with Gasteiger partial charge < -0.3 is 20.1 Å². The van der Waals surface area contributed by atoms with E-state index in [2.05, 4.69) is 10.6 Å². The van der Waals surface area contributed by atoms with Crippen molar-refractivity contribution in [2.45, 2.75) is 39.2 Å². The molecule has 0 unspecified atom stereocenters. The lowest BCUT2D eigenvalue weighted by molar-refractivity contribution is -0.121. The summed E-state index contributed by atoms with van der Waals surface area (Å²) in [5, 5.41) is 5.65. The molecule has 1 aromatic carbocycles. The van der Waals surface area contributed by atoms with Crippen LogP contribution in [0, 0.1) is 0 Å². The van der Waals surface area contributed by atoms with Gasteiger partial charge in [0.2, 0.25) is 11.8 Å². The van der Waals surface area contributed by atoms with Gasteiger partial charge in [-0.05, 0) is 30.5 Å². The second kappa shape index (κ2) is 9.02. The number of nitrogens with one attached hydrogen (secondary N) is 2. The van der Waals surface area contributed by atoms with Gasteiger partial charge in [-0.1, -0.05) is 12.5 Å². The summed E-state index contributed by atoms with van der Waals surface area (Å²) in [6.45, 7) is 3.80. The molecule has 0 saturated heterocycles. The number of hydrogen-bond donors (Lipinski definition) is 2. The highest BCUT2D eigenvalue weighted by atomic mass is 16.6. The lowest BCUT2D eigenvalue weighted by Crippen LogP contribution is -2.23. The number of carbonyl (C=O) groups excluding carboxylic acids is 2. The molecule has 2 amide bonds. The van der Waals surface area contributed by atoms with E-state index in [0.29, 0.717) is 32.7 Å². The third kappa shape index (κ3) is 6.18. The van der Waals surface area contributed by atoms with Crippen molar-refractivity contribution in [1.82, 2.24) is 10.6 Å². The Bertz CT molecular complexity index is 545. The topological polar surface area (TPSA) is 76.7 Å². The molecule has 1 aliphatic rings. The molecule has 1 heterocycles. The zero-order chi connectivity index (χ0) is 16.5. The van der Waals surface area contributed by atoms with Gasteiger partial charge >= 0.3 is 0 Å². The highest BCUT2D eigenvalue weighted by Gasteiger charge is 2.11. The van der Waals surface area contributed by atoms with E-state index in [-0.39, 0.29) is 11.8 Å². The zero-order valence-electron chi connectivity index (χ0n) is 13.5. The van der Waals surface area contributed by atoms with Gasteiger partial charge in [-0.3, -0.25) is 9.59 Å². The molecule has 2 rings (SSSR count). The van der Waals surface area contributed by atoms with Crippen LogP contribution >= 0.6 is 0 Å². The van der Waals surface area contributed by atoms with E-state index >= 15 is 0 Å². The van der Waals surface area contributed by atoms with E-state index in [4.69, 9.17) is 9.47 Å². The third-order valence-electron chi connectivity index (χ3n) is 3.55. The summed E-state index contributed by atoms with van der Waals surface area (Å²) in [5.41, 5.74) is 0.994. The Morgan fingerprint density at radius 3 is 2.61 bits per heavy atom. The molecular formula is C17H24N2O4. The lowest BCUT2D eigenvalue weighted by atomic mass is 10.1. The van der Waals surface area contributed by atoms with Crippen molar-refractivity contribution in [1.29, 1.82) is 0 Å². The van der Waals surface area contributed by atoms with Crippen LogP contribution in [0.5, 0.6) is 11.5 Å². The number of benzene rings is 1. The minimum absolute atomic E-state index is 0.0119. The van der Waals surface area contributed by atoms with E-state index in [1.807, 2.05) is 18.2 Å². The molecule has 1 aliphatic heterocycles. The van der Waals surface area contributed by atoms with Crippen molar-refractivity contribution in [3.63, 3.8) is 0 Å². The summed E-state index contributed by atoms with van der Waals surface area (Å²) in [6.07, 6.45) is 3.16. The van der Waals surface area contributed by atoms with Gasteiger partial charge in [0.1, 0.15) is 13.2 Å². The molecule has 1 aromatic rings. The monoisotopic (exact) mass is 320 g/mol. The summed E-state index contributed by atoms with van der Waals surface area (Å²) in [6, 6.07) is 5.71. The first-order valence-electron chi connectivity index (χ1n) is 8.05. The Morgan fingerprint density at radius 1 is 1.04 bits per heavy atom. The smallest absolute Gasteiger partial charge is 0.220 e. The highest BCUT2D eigenvalue weighted by Crippen LogP contribution is 2.30. The van der Waals surface area contributed by atoms with E-state index in [9.17, 15) is 9.59 Å². The largest absolute Gasteiger partial charge is 0.486 e. The molecule has 126 valence electrons. The van der Waals surface area contributed by atoms with E-state index in [0.717, 1.165) is 36.3 Å². The summed E-state index contributed by atoms with van der Waals surface area (Å²) >= 11 is 0. The average molecular weight is 320 g/mol. The fourth-order valence-electron chi connectivity index (χ4n) is 2.34. The maximum Gasteiger partial charge on any atom is 0.220 e. The summed E-state index contributed by atoms with van der Waals surface area (Å²) < 4.78 is 11.0. The van der Waals surface area contributed by atoms with Crippen LogP contribution < -0.4 is 20.1 Å². The standard InChI is InChI=1S/C17H24N2O4/c1-13(20)18-8-4-2-3-5-17(21)19-12-14-6-7-15-16(11-14)23-10-9-22-15/h6-7,11H,2-5,8-10,12H2,1H3,(H,18,20)(H,19,21). The molecule has 2 N–H and O–H groups in total. The molecule has 6 heteroatoms. The Morgan fingerprint density at radius 2 is 1.83 bits per heavy atom. The summed E-state index contributed by atoms with van der Waals surface area (Å²) in [5.74, 6) is 1.52. The van der Waals surface area contributed by atoms with Crippen LogP contribution in [0.2, 0.25) is 0 Å². The molecule has 0 bridgehead atoms.